The highest BCUT2D eigenvalue weighted by Gasteiger charge is 2.40. The molecule has 5 aromatic carbocycles. The van der Waals surface area contributed by atoms with Gasteiger partial charge in [0.1, 0.15) is 42.0 Å². The van der Waals surface area contributed by atoms with Crippen molar-refractivity contribution >= 4 is 6.09 Å². The molecule has 5 aromatic rings. The fraction of sp³-hybridized carbons (Fsp3) is 0.262. The van der Waals surface area contributed by atoms with Gasteiger partial charge in [0.05, 0.1) is 26.9 Å². The first-order valence-electron chi connectivity index (χ1n) is 17.1. The second kappa shape index (κ2) is 16.4. The predicted molar refractivity (Wildman–Crippen MR) is 195 cm³/mol. The first-order chi connectivity index (χ1) is 25.3. The van der Waals surface area contributed by atoms with Crippen LogP contribution >= 0.6 is 0 Å². The Bertz CT molecular complexity index is 1820. The lowest BCUT2D eigenvalue weighted by molar-refractivity contribution is -0.133. The minimum absolute atomic E-state index is 0.0722. The predicted octanol–water partition coefficient (Wildman–Crippen LogP) is 4.99. The van der Waals surface area contributed by atoms with Gasteiger partial charge in [0.2, 0.25) is 0 Å². The molecule has 0 saturated carbocycles. The molecule has 0 aliphatic heterocycles. The molecule has 0 heterocycles. The summed E-state index contributed by atoms with van der Waals surface area (Å²) in [5, 5.41) is 46.2. The molecule has 5 N–H and O–H groups in total. The van der Waals surface area contributed by atoms with E-state index in [4.69, 9.17) is 18.9 Å². The number of carbonyl (C=O) groups excluding carboxylic acids is 1. The third kappa shape index (κ3) is 7.52. The number of hydrogen-bond acceptors (Lipinski definition) is 9. The van der Waals surface area contributed by atoms with E-state index in [9.17, 15) is 25.2 Å². The smallest absolute Gasteiger partial charge is 0.407 e. The number of methoxy groups -OCH3 is 2. The van der Waals surface area contributed by atoms with E-state index in [2.05, 4.69) is 5.32 Å². The normalized spacial score (nSPS) is 14.7. The minimum atomic E-state index is -1.83. The van der Waals surface area contributed by atoms with Crippen molar-refractivity contribution < 1.29 is 44.2 Å². The monoisotopic (exact) mass is 705 g/mol. The van der Waals surface area contributed by atoms with Gasteiger partial charge in [-0.15, -0.1) is 0 Å². The van der Waals surface area contributed by atoms with Gasteiger partial charge in [0.15, 0.2) is 0 Å². The van der Waals surface area contributed by atoms with Crippen LogP contribution in [0.1, 0.15) is 33.7 Å². The molecule has 1 aliphatic carbocycles. The maximum absolute atomic E-state index is 12.7. The topological polar surface area (TPSA) is 147 Å². The van der Waals surface area contributed by atoms with E-state index < -0.39 is 49.3 Å². The van der Waals surface area contributed by atoms with Gasteiger partial charge in [0, 0.05) is 12.5 Å². The highest BCUT2D eigenvalue weighted by Crippen LogP contribution is 2.45. The van der Waals surface area contributed by atoms with Crippen molar-refractivity contribution in [3.05, 3.63) is 155 Å². The highest BCUT2D eigenvalue weighted by molar-refractivity contribution is 5.79. The van der Waals surface area contributed by atoms with Crippen LogP contribution in [0.25, 0.3) is 11.1 Å². The number of carbonyl (C=O) groups is 1. The van der Waals surface area contributed by atoms with E-state index in [1.54, 1.807) is 38.5 Å². The second-order valence-electron chi connectivity index (χ2n) is 12.6. The van der Waals surface area contributed by atoms with Crippen LogP contribution in [0.2, 0.25) is 0 Å². The zero-order chi connectivity index (χ0) is 36.7. The zero-order valence-corrected chi connectivity index (χ0v) is 29.0. The van der Waals surface area contributed by atoms with Gasteiger partial charge in [-0.25, -0.2) is 4.79 Å². The molecular weight excluding hydrogens is 662 g/mol. The van der Waals surface area contributed by atoms with Crippen molar-refractivity contribution in [2.24, 2.45) is 0 Å². The first kappa shape index (κ1) is 36.6. The number of fused-ring (bicyclic) bond motifs is 3. The lowest BCUT2D eigenvalue weighted by Crippen LogP contribution is -2.50. The molecule has 52 heavy (non-hydrogen) atoms. The van der Waals surface area contributed by atoms with Crippen LogP contribution in [0.4, 0.5) is 4.79 Å². The van der Waals surface area contributed by atoms with Crippen LogP contribution in [-0.2, 0) is 15.1 Å². The minimum Gasteiger partial charge on any atom is -0.497 e. The third-order valence-corrected chi connectivity index (χ3v) is 9.58. The molecule has 10 heteroatoms. The SMILES string of the molecule is COc1ccc(C(OCC(O)C(O)C(O)C(O)CNC(=O)OCC2c3ccccc3-c3ccccc32)(c2ccccc2)c2ccc(OC)cc2)cc1. The Labute approximate surface area is 302 Å². The summed E-state index contributed by atoms with van der Waals surface area (Å²) in [5.41, 5.74) is 5.17. The van der Waals surface area contributed by atoms with Crippen LogP contribution in [0.3, 0.4) is 0 Å². The Morgan fingerprint density at radius 3 is 1.62 bits per heavy atom. The van der Waals surface area contributed by atoms with Crippen molar-refractivity contribution in [1.29, 1.82) is 0 Å². The number of nitrogens with one attached hydrogen (secondary N) is 1. The molecule has 4 unspecified atom stereocenters. The lowest BCUT2D eigenvalue weighted by Gasteiger charge is -2.37. The standard InChI is InChI=1S/C42H43NO9/c1-49-30-20-16-28(17-21-30)42(27-10-4-3-5-11-27,29-18-22-31(50-2)23-19-29)52-26-38(45)40(47)39(46)37(44)24-43-41(48)51-25-36-34-14-8-6-12-32(34)33-13-7-9-15-35(33)36/h3-23,36-40,44-47H,24-26H2,1-2H3,(H,43,48). The average molecular weight is 706 g/mol. The second-order valence-corrected chi connectivity index (χ2v) is 12.6. The molecule has 6 rings (SSSR count). The summed E-state index contributed by atoms with van der Waals surface area (Å²) in [6.07, 6.45) is -7.73. The Kier molecular flexibility index (Phi) is 11.5. The largest absolute Gasteiger partial charge is 0.497 e. The van der Waals surface area contributed by atoms with Crippen molar-refractivity contribution in [3.8, 4) is 22.6 Å². The Balaban J connectivity index is 1.11. The molecular formula is C42H43NO9. The molecule has 0 saturated heterocycles. The van der Waals surface area contributed by atoms with Gasteiger partial charge in [-0.3, -0.25) is 0 Å². The molecule has 1 amide bonds. The highest BCUT2D eigenvalue weighted by atomic mass is 16.5. The van der Waals surface area contributed by atoms with Crippen molar-refractivity contribution in [3.63, 3.8) is 0 Å². The number of aliphatic hydroxyl groups excluding tert-OH is 4. The van der Waals surface area contributed by atoms with E-state index in [0.717, 1.165) is 27.8 Å². The van der Waals surface area contributed by atoms with Gasteiger partial charge < -0.3 is 44.7 Å². The summed E-state index contributed by atoms with van der Waals surface area (Å²) in [7, 11) is 3.15. The Morgan fingerprint density at radius 2 is 1.10 bits per heavy atom. The number of ether oxygens (including phenoxy) is 4. The van der Waals surface area contributed by atoms with Crippen LogP contribution in [0, 0.1) is 0 Å². The molecule has 10 nitrogen and oxygen atoms in total. The van der Waals surface area contributed by atoms with Gasteiger partial charge in [-0.2, -0.15) is 0 Å². The summed E-state index contributed by atoms with van der Waals surface area (Å²) < 4.78 is 22.9. The quantitative estimate of drug-likeness (QED) is 0.0951. The van der Waals surface area contributed by atoms with E-state index in [-0.39, 0.29) is 12.5 Å². The van der Waals surface area contributed by atoms with Gasteiger partial charge in [-0.05, 0) is 63.2 Å². The zero-order valence-electron chi connectivity index (χ0n) is 29.0. The fourth-order valence-corrected chi connectivity index (χ4v) is 6.80. The number of rotatable bonds is 15. The van der Waals surface area contributed by atoms with E-state index in [1.807, 2.05) is 103 Å². The van der Waals surface area contributed by atoms with Crippen LogP contribution in [0.5, 0.6) is 11.5 Å². The molecule has 0 aromatic heterocycles. The average Bonchev–Trinajstić information content (AvgIpc) is 3.52. The summed E-state index contributed by atoms with van der Waals surface area (Å²) in [6.45, 7) is -0.811. The number of benzene rings is 5. The third-order valence-electron chi connectivity index (χ3n) is 9.58. The van der Waals surface area contributed by atoms with Crippen LogP contribution < -0.4 is 14.8 Å². The Hall–Kier alpha value is -5.23. The summed E-state index contributed by atoms with van der Waals surface area (Å²) in [4.78, 5) is 12.7. The van der Waals surface area contributed by atoms with E-state index in [0.29, 0.717) is 22.6 Å². The number of aliphatic hydroxyl groups is 4. The number of hydrogen-bond donors (Lipinski definition) is 5. The first-order valence-corrected chi connectivity index (χ1v) is 17.1. The summed E-state index contributed by atoms with van der Waals surface area (Å²) in [6, 6.07) is 39.9. The lowest BCUT2D eigenvalue weighted by atomic mass is 9.80. The maximum atomic E-state index is 12.7. The molecule has 1 aliphatic rings. The Morgan fingerprint density at radius 1 is 0.635 bits per heavy atom. The van der Waals surface area contributed by atoms with Crippen LogP contribution in [-0.4, -0.2) is 84.9 Å². The summed E-state index contributed by atoms with van der Waals surface area (Å²) >= 11 is 0. The fourth-order valence-electron chi connectivity index (χ4n) is 6.80. The molecule has 0 spiro atoms. The maximum Gasteiger partial charge on any atom is 0.407 e. The molecule has 0 radical (unpaired) electrons. The van der Waals surface area contributed by atoms with Crippen LogP contribution in [0.15, 0.2) is 127 Å². The molecule has 0 fully saturated rings. The van der Waals surface area contributed by atoms with Gasteiger partial charge in [0.25, 0.3) is 0 Å². The number of amides is 1. The van der Waals surface area contributed by atoms with Crippen molar-refractivity contribution in [1.82, 2.24) is 5.32 Å². The van der Waals surface area contributed by atoms with Crippen molar-refractivity contribution in [2.45, 2.75) is 35.9 Å². The van der Waals surface area contributed by atoms with Gasteiger partial charge >= 0.3 is 6.09 Å². The van der Waals surface area contributed by atoms with E-state index >= 15 is 0 Å². The van der Waals surface area contributed by atoms with Crippen molar-refractivity contribution in [2.75, 3.05) is 34.0 Å². The molecule has 0 bridgehead atoms. The van der Waals surface area contributed by atoms with Gasteiger partial charge in [-0.1, -0.05) is 103 Å². The summed E-state index contributed by atoms with van der Waals surface area (Å²) in [5.74, 6) is 1.13. The number of alkyl carbamates (subject to hydrolysis) is 1. The van der Waals surface area contributed by atoms with E-state index in [1.165, 1.54) is 0 Å². The molecule has 270 valence electrons. The molecule has 4 atom stereocenters.